The summed E-state index contributed by atoms with van der Waals surface area (Å²) in [6.07, 6.45) is 1.87. The zero-order valence-electron chi connectivity index (χ0n) is 17.2. The number of hydrogen-bond acceptors (Lipinski definition) is 2. The molecule has 0 fully saturated rings. The number of anilines is 2. The smallest absolute Gasteiger partial charge is 0.319 e. The molecule has 6 nitrogen and oxygen atoms in total. The first-order valence-electron chi connectivity index (χ1n) is 9.77. The molecule has 6 heteroatoms. The SMILES string of the molecule is CCc1cccc(CC)c1NC(N)=NCc1ccc(NC(=O)NC(C)C)cc1. The van der Waals surface area contributed by atoms with Crippen LogP contribution in [0.2, 0.25) is 0 Å². The molecular weight excluding hydrogens is 350 g/mol. The van der Waals surface area contributed by atoms with Crippen LogP contribution in [0.1, 0.15) is 44.4 Å². The van der Waals surface area contributed by atoms with Gasteiger partial charge in [0.2, 0.25) is 0 Å². The van der Waals surface area contributed by atoms with Crippen molar-refractivity contribution in [2.24, 2.45) is 10.7 Å². The standard InChI is InChI=1S/C22H31N5O/c1-5-17-8-7-9-18(6-2)20(17)27-21(23)24-14-16-10-12-19(13-11-16)26-22(28)25-15(3)4/h7-13,15H,5-6,14H2,1-4H3,(H3,23,24,27)(H2,25,26,28). The largest absolute Gasteiger partial charge is 0.370 e. The van der Waals surface area contributed by atoms with Gasteiger partial charge in [0.05, 0.1) is 6.54 Å². The van der Waals surface area contributed by atoms with Crippen molar-refractivity contribution in [2.75, 3.05) is 10.6 Å². The van der Waals surface area contributed by atoms with E-state index >= 15 is 0 Å². The van der Waals surface area contributed by atoms with Crippen LogP contribution in [0.25, 0.3) is 0 Å². The van der Waals surface area contributed by atoms with Crippen LogP contribution >= 0.6 is 0 Å². The molecule has 0 radical (unpaired) electrons. The predicted octanol–water partition coefficient (Wildman–Crippen LogP) is 4.27. The van der Waals surface area contributed by atoms with Crippen molar-refractivity contribution < 1.29 is 4.79 Å². The zero-order valence-corrected chi connectivity index (χ0v) is 17.2. The fourth-order valence-electron chi connectivity index (χ4n) is 2.87. The molecule has 0 heterocycles. The van der Waals surface area contributed by atoms with Crippen LogP contribution in [0, 0.1) is 0 Å². The number of urea groups is 1. The van der Waals surface area contributed by atoms with Gasteiger partial charge < -0.3 is 21.7 Å². The number of nitrogens with zero attached hydrogens (tertiary/aromatic N) is 1. The van der Waals surface area contributed by atoms with Crippen LogP contribution in [0.4, 0.5) is 16.2 Å². The van der Waals surface area contributed by atoms with E-state index in [-0.39, 0.29) is 12.1 Å². The van der Waals surface area contributed by atoms with E-state index in [0.717, 1.165) is 29.8 Å². The molecule has 150 valence electrons. The van der Waals surface area contributed by atoms with Gasteiger partial charge in [-0.05, 0) is 55.5 Å². The van der Waals surface area contributed by atoms with Gasteiger partial charge in [-0.25, -0.2) is 9.79 Å². The summed E-state index contributed by atoms with van der Waals surface area (Å²) in [6, 6.07) is 13.7. The summed E-state index contributed by atoms with van der Waals surface area (Å²) < 4.78 is 0. The number of aliphatic imine (C=N–C) groups is 1. The maximum Gasteiger partial charge on any atom is 0.319 e. The van der Waals surface area contributed by atoms with Crippen LogP contribution in [0.5, 0.6) is 0 Å². The van der Waals surface area contributed by atoms with Crippen LogP contribution < -0.4 is 21.7 Å². The van der Waals surface area contributed by atoms with Gasteiger partial charge in [-0.3, -0.25) is 0 Å². The molecule has 0 atom stereocenters. The predicted molar refractivity (Wildman–Crippen MR) is 118 cm³/mol. The van der Waals surface area contributed by atoms with E-state index in [0.29, 0.717) is 12.5 Å². The van der Waals surface area contributed by atoms with E-state index in [1.807, 2.05) is 38.1 Å². The van der Waals surface area contributed by atoms with Gasteiger partial charge in [0.1, 0.15) is 0 Å². The fourth-order valence-corrected chi connectivity index (χ4v) is 2.87. The van der Waals surface area contributed by atoms with E-state index in [1.165, 1.54) is 11.1 Å². The van der Waals surface area contributed by atoms with Gasteiger partial charge >= 0.3 is 6.03 Å². The Bertz CT molecular complexity index is 790. The minimum atomic E-state index is -0.212. The number of benzene rings is 2. The number of aryl methyl sites for hydroxylation is 2. The van der Waals surface area contributed by atoms with Crippen LogP contribution in [-0.2, 0) is 19.4 Å². The van der Waals surface area contributed by atoms with Gasteiger partial charge in [0.25, 0.3) is 0 Å². The molecule has 2 aromatic rings. The topological polar surface area (TPSA) is 91.5 Å². The van der Waals surface area contributed by atoms with Crippen molar-refractivity contribution >= 4 is 23.4 Å². The minimum absolute atomic E-state index is 0.0927. The highest BCUT2D eigenvalue weighted by atomic mass is 16.2. The van der Waals surface area contributed by atoms with Gasteiger partial charge in [0, 0.05) is 17.4 Å². The number of rotatable bonds is 7. The van der Waals surface area contributed by atoms with Gasteiger partial charge in [-0.1, -0.05) is 44.2 Å². The first-order valence-corrected chi connectivity index (χ1v) is 9.77. The lowest BCUT2D eigenvalue weighted by Crippen LogP contribution is -2.34. The highest BCUT2D eigenvalue weighted by molar-refractivity contribution is 5.94. The number of guanidine groups is 1. The number of para-hydroxylation sites is 1. The molecule has 0 saturated carbocycles. The Hall–Kier alpha value is -3.02. The summed E-state index contributed by atoms with van der Waals surface area (Å²) in [5, 5.41) is 8.86. The van der Waals surface area contributed by atoms with Crippen molar-refractivity contribution in [3.63, 3.8) is 0 Å². The highest BCUT2D eigenvalue weighted by Crippen LogP contribution is 2.22. The third-order valence-electron chi connectivity index (χ3n) is 4.32. The third kappa shape index (κ3) is 6.30. The van der Waals surface area contributed by atoms with Crippen LogP contribution in [-0.4, -0.2) is 18.0 Å². The lowest BCUT2D eigenvalue weighted by Gasteiger charge is -2.15. The Morgan fingerprint density at radius 1 is 1.00 bits per heavy atom. The highest BCUT2D eigenvalue weighted by Gasteiger charge is 2.07. The van der Waals surface area contributed by atoms with E-state index in [4.69, 9.17) is 5.73 Å². The van der Waals surface area contributed by atoms with Gasteiger partial charge in [-0.15, -0.1) is 0 Å². The monoisotopic (exact) mass is 381 g/mol. The molecule has 2 aromatic carbocycles. The lowest BCUT2D eigenvalue weighted by atomic mass is 10.0. The van der Waals surface area contributed by atoms with Crippen molar-refractivity contribution in [3.05, 3.63) is 59.2 Å². The van der Waals surface area contributed by atoms with Gasteiger partial charge in [0.15, 0.2) is 5.96 Å². The Labute approximate surface area is 167 Å². The quantitative estimate of drug-likeness (QED) is 0.426. The van der Waals surface area contributed by atoms with Crippen molar-refractivity contribution in [2.45, 2.75) is 53.1 Å². The summed E-state index contributed by atoms with van der Waals surface area (Å²) in [6.45, 7) is 8.56. The summed E-state index contributed by atoms with van der Waals surface area (Å²) >= 11 is 0. The second kappa shape index (κ2) is 10.3. The average Bonchev–Trinajstić information content (AvgIpc) is 2.67. The maximum atomic E-state index is 11.7. The number of amides is 2. The van der Waals surface area contributed by atoms with Crippen LogP contribution in [0.3, 0.4) is 0 Å². The number of carbonyl (C=O) groups is 1. The van der Waals surface area contributed by atoms with E-state index in [1.54, 1.807) is 0 Å². The number of carbonyl (C=O) groups excluding carboxylic acids is 1. The van der Waals surface area contributed by atoms with Crippen LogP contribution in [0.15, 0.2) is 47.5 Å². The Morgan fingerprint density at radius 2 is 1.61 bits per heavy atom. The first-order chi connectivity index (χ1) is 13.4. The average molecular weight is 382 g/mol. The molecule has 0 saturated heterocycles. The molecule has 0 aromatic heterocycles. The molecule has 2 amide bonds. The second-order valence-corrected chi connectivity index (χ2v) is 6.93. The second-order valence-electron chi connectivity index (χ2n) is 6.93. The van der Waals surface area contributed by atoms with Gasteiger partial charge in [-0.2, -0.15) is 0 Å². The van der Waals surface area contributed by atoms with E-state index in [9.17, 15) is 4.79 Å². The summed E-state index contributed by atoms with van der Waals surface area (Å²) in [5.41, 5.74) is 11.4. The Morgan fingerprint density at radius 3 is 2.14 bits per heavy atom. The molecule has 0 bridgehead atoms. The molecular formula is C22H31N5O. The van der Waals surface area contributed by atoms with Crippen molar-refractivity contribution in [3.8, 4) is 0 Å². The number of nitrogens with two attached hydrogens (primary N) is 1. The normalized spacial score (nSPS) is 11.4. The first kappa shape index (κ1) is 21.3. The molecule has 5 N–H and O–H groups in total. The summed E-state index contributed by atoms with van der Waals surface area (Å²) in [4.78, 5) is 16.2. The minimum Gasteiger partial charge on any atom is -0.370 e. The zero-order chi connectivity index (χ0) is 20.5. The van der Waals surface area contributed by atoms with Crippen molar-refractivity contribution in [1.82, 2.24) is 5.32 Å². The fraction of sp³-hybridized carbons (Fsp3) is 0.364. The van der Waals surface area contributed by atoms with E-state index < -0.39 is 0 Å². The number of hydrogen-bond donors (Lipinski definition) is 4. The Kier molecular flexibility index (Phi) is 7.87. The summed E-state index contributed by atoms with van der Waals surface area (Å²) in [5.74, 6) is 0.397. The van der Waals surface area contributed by atoms with E-state index in [2.05, 4.69) is 53.0 Å². The number of nitrogens with one attached hydrogen (secondary N) is 3. The molecule has 0 aliphatic carbocycles. The maximum absolute atomic E-state index is 11.7. The molecule has 0 aliphatic heterocycles. The summed E-state index contributed by atoms with van der Waals surface area (Å²) in [7, 11) is 0. The molecule has 2 rings (SSSR count). The molecule has 28 heavy (non-hydrogen) atoms. The third-order valence-corrected chi connectivity index (χ3v) is 4.32. The van der Waals surface area contributed by atoms with Crippen molar-refractivity contribution in [1.29, 1.82) is 0 Å². The Balaban J connectivity index is 1.99. The molecule has 0 spiro atoms. The lowest BCUT2D eigenvalue weighted by molar-refractivity contribution is 0.250. The molecule has 0 unspecified atom stereocenters. The molecule has 0 aliphatic rings.